The van der Waals surface area contributed by atoms with Gasteiger partial charge in [-0.1, -0.05) is 82.7 Å². The lowest BCUT2D eigenvalue weighted by atomic mass is 9.92. The molecule has 0 spiro atoms. The molecule has 0 amide bonds. The third kappa shape index (κ3) is 2.49. The molecule has 2 heteroatoms. The Morgan fingerprint density at radius 3 is 2.23 bits per heavy atom. The molecule has 0 unspecified atom stereocenters. The summed E-state index contributed by atoms with van der Waals surface area (Å²) in [4.78, 5) is 4.85. The highest BCUT2D eigenvalue weighted by atomic mass is 79.9. The summed E-state index contributed by atoms with van der Waals surface area (Å²) in [6, 6.07) is 29.9. The Kier molecular flexibility index (Phi) is 3.72. The second-order valence-corrected chi connectivity index (χ2v) is 7.51. The summed E-state index contributed by atoms with van der Waals surface area (Å²) in [6.45, 7) is 0. The summed E-state index contributed by atoms with van der Waals surface area (Å²) in [5, 5.41) is 0. The van der Waals surface area contributed by atoms with E-state index in [9.17, 15) is 0 Å². The molecule has 1 atom stereocenters. The topological polar surface area (TPSA) is 12.9 Å². The van der Waals surface area contributed by atoms with Crippen LogP contribution in [0, 0.1) is 0 Å². The smallest absolute Gasteiger partial charge is 0.0525 e. The minimum Gasteiger partial charge on any atom is -0.260 e. The third-order valence-corrected chi connectivity index (χ3v) is 5.57. The Bertz CT molecular complexity index is 1080. The first-order chi connectivity index (χ1) is 12.8. The lowest BCUT2D eigenvalue weighted by Gasteiger charge is -2.14. The van der Waals surface area contributed by atoms with Crippen molar-refractivity contribution in [3.63, 3.8) is 0 Å². The first kappa shape index (κ1) is 15.5. The zero-order chi connectivity index (χ0) is 17.5. The molecule has 0 N–H and O–H groups in total. The zero-order valence-electron chi connectivity index (χ0n) is 14.1. The molecule has 1 nitrogen and oxygen atoms in total. The van der Waals surface area contributed by atoms with Gasteiger partial charge in [-0.15, -0.1) is 0 Å². The van der Waals surface area contributed by atoms with Crippen LogP contribution in [0.3, 0.4) is 0 Å². The van der Waals surface area contributed by atoms with Crippen LogP contribution in [0.2, 0.25) is 0 Å². The van der Waals surface area contributed by atoms with E-state index in [0.717, 1.165) is 15.7 Å². The van der Waals surface area contributed by atoms with E-state index in [-0.39, 0.29) is 5.92 Å². The molecule has 0 bridgehead atoms. The number of halogens is 1. The van der Waals surface area contributed by atoms with Crippen LogP contribution in [0.4, 0.5) is 0 Å². The van der Waals surface area contributed by atoms with Crippen LogP contribution in [0.15, 0.2) is 95.6 Å². The van der Waals surface area contributed by atoms with Crippen molar-refractivity contribution in [1.82, 2.24) is 4.98 Å². The largest absolute Gasteiger partial charge is 0.260 e. The molecular formula is C24H16BrN. The van der Waals surface area contributed by atoms with Gasteiger partial charge in [-0.3, -0.25) is 4.98 Å². The van der Waals surface area contributed by atoms with E-state index in [1.165, 1.54) is 27.8 Å². The fourth-order valence-corrected chi connectivity index (χ4v) is 4.25. The number of rotatable bonds is 2. The van der Waals surface area contributed by atoms with E-state index < -0.39 is 0 Å². The van der Waals surface area contributed by atoms with Gasteiger partial charge < -0.3 is 0 Å². The molecule has 0 radical (unpaired) electrons. The van der Waals surface area contributed by atoms with Crippen LogP contribution in [-0.2, 0) is 0 Å². The molecule has 0 aliphatic heterocycles. The number of pyridine rings is 1. The van der Waals surface area contributed by atoms with Crippen molar-refractivity contribution in [2.24, 2.45) is 0 Å². The van der Waals surface area contributed by atoms with E-state index in [1.807, 2.05) is 12.3 Å². The minimum atomic E-state index is 0.184. The second kappa shape index (κ2) is 6.22. The van der Waals surface area contributed by atoms with Crippen LogP contribution in [0.1, 0.15) is 22.7 Å². The second-order valence-electron chi connectivity index (χ2n) is 6.59. The molecule has 1 aromatic heterocycles. The third-order valence-electron chi connectivity index (χ3n) is 5.08. The average Bonchev–Trinajstić information content (AvgIpc) is 3.02. The molecule has 3 aromatic carbocycles. The van der Waals surface area contributed by atoms with Gasteiger partial charge in [0.2, 0.25) is 0 Å². The fourth-order valence-electron chi connectivity index (χ4n) is 3.88. The zero-order valence-corrected chi connectivity index (χ0v) is 15.6. The summed E-state index contributed by atoms with van der Waals surface area (Å²) in [5.74, 6) is 0.184. The molecule has 0 saturated heterocycles. The fraction of sp³-hybridized carbons (Fsp3) is 0.0417. The number of benzene rings is 3. The lowest BCUT2D eigenvalue weighted by Crippen LogP contribution is -2.02. The van der Waals surface area contributed by atoms with Crippen LogP contribution in [0.5, 0.6) is 0 Å². The monoisotopic (exact) mass is 397 g/mol. The first-order valence-electron chi connectivity index (χ1n) is 8.71. The quantitative estimate of drug-likeness (QED) is 0.324. The normalized spacial score (nSPS) is 14.7. The van der Waals surface area contributed by atoms with Gasteiger partial charge in [-0.2, -0.15) is 0 Å². The molecule has 4 aromatic rings. The molecular weight excluding hydrogens is 382 g/mol. The number of aromatic nitrogens is 1. The van der Waals surface area contributed by atoms with Gasteiger partial charge in [0.05, 0.1) is 11.6 Å². The summed E-state index contributed by atoms with van der Waals surface area (Å²) in [5.41, 5.74) is 8.71. The van der Waals surface area contributed by atoms with Crippen LogP contribution < -0.4 is 0 Å². The van der Waals surface area contributed by atoms with E-state index in [4.69, 9.17) is 4.98 Å². The highest BCUT2D eigenvalue weighted by Crippen LogP contribution is 2.48. The van der Waals surface area contributed by atoms with Crippen LogP contribution >= 0.6 is 15.9 Å². The SMILES string of the molecule is Brc1ccc2c(c1)[C@H](c1ccc(-c3ccccc3)cn1)c1ccccc1-2. The minimum absolute atomic E-state index is 0.184. The van der Waals surface area contributed by atoms with E-state index >= 15 is 0 Å². The Hall–Kier alpha value is -2.71. The number of nitrogens with zero attached hydrogens (tertiary/aromatic N) is 1. The Morgan fingerprint density at radius 2 is 1.42 bits per heavy atom. The van der Waals surface area contributed by atoms with Gasteiger partial charge in [0.1, 0.15) is 0 Å². The lowest BCUT2D eigenvalue weighted by molar-refractivity contribution is 0.946. The molecule has 1 aliphatic rings. The van der Waals surface area contributed by atoms with Gasteiger partial charge in [-0.25, -0.2) is 0 Å². The van der Waals surface area contributed by atoms with Crippen molar-refractivity contribution in [2.45, 2.75) is 5.92 Å². The molecule has 1 heterocycles. The molecule has 1 aliphatic carbocycles. The first-order valence-corrected chi connectivity index (χ1v) is 9.51. The van der Waals surface area contributed by atoms with Gasteiger partial charge in [0.25, 0.3) is 0 Å². The molecule has 26 heavy (non-hydrogen) atoms. The van der Waals surface area contributed by atoms with Crippen LogP contribution in [-0.4, -0.2) is 4.98 Å². The number of hydrogen-bond acceptors (Lipinski definition) is 1. The maximum absolute atomic E-state index is 4.85. The van der Waals surface area contributed by atoms with Crippen molar-refractivity contribution in [1.29, 1.82) is 0 Å². The van der Waals surface area contributed by atoms with Crippen molar-refractivity contribution >= 4 is 15.9 Å². The summed E-state index contributed by atoms with van der Waals surface area (Å²) < 4.78 is 1.11. The predicted octanol–water partition coefficient (Wildman–Crippen LogP) is 6.67. The van der Waals surface area contributed by atoms with Crippen LogP contribution in [0.25, 0.3) is 22.3 Å². The van der Waals surface area contributed by atoms with Crippen molar-refractivity contribution in [2.75, 3.05) is 0 Å². The summed E-state index contributed by atoms with van der Waals surface area (Å²) in [7, 11) is 0. The van der Waals surface area contributed by atoms with Gasteiger partial charge in [0.15, 0.2) is 0 Å². The summed E-state index contributed by atoms with van der Waals surface area (Å²) >= 11 is 3.63. The van der Waals surface area contributed by atoms with Crippen molar-refractivity contribution < 1.29 is 0 Å². The molecule has 0 saturated carbocycles. The van der Waals surface area contributed by atoms with E-state index in [2.05, 4.69) is 94.8 Å². The Morgan fingerprint density at radius 1 is 0.654 bits per heavy atom. The highest BCUT2D eigenvalue weighted by molar-refractivity contribution is 9.10. The van der Waals surface area contributed by atoms with Gasteiger partial charge in [0, 0.05) is 16.2 Å². The van der Waals surface area contributed by atoms with Crippen molar-refractivity contribution in [3.8, 4) is 22.3 Å². The average molecular weight is 398 g/mol. The summed E-state index contributed by atoms with van der Waals surface area (Å²) in [6.07, 6.45) is 1.99. The molecule has 124 valence electrons. The highest BCUT2D eigenvalue weighted by Gasteiger charge is 2.30. The Balaban J connectivity index is 1.63. The molecule has 5 rings (SSSR count). The molecule has 0 fully saturated rings. The van der Waals surface area contributed by atoms with Gasteiger partial charge in [-0.05, 0) is 46.0 Å². The Labute approximate surface area is 161 Å². The standard InChI is InChI=1S/C24H16BrN/c25-18-11-12-20-19-8-4-5-9-21(19)24(22(20)14-18)23-13-10-17(15-26-23)16-6-2-1-3-7-16/h1-15,24H/t24-/m1/s1. The van der Waals surface area contributed by atoms with E-state index in [1.54, 1.807) is 0 Å². The number of fused-ring (bicyclic) bond motifs is 3. The maximum atomic E-state index is 4.85. The van der Waals surface area contributed by atoms with Crippen molar-refractivity contribution in [3.05, 3.63) is 112 Å². The maximum Gasteiger partial charge on any atom is 0.0525 e. The number of hydrogen-bond donors (Lipinski definition) is 0. The van der Waals surface area contributed by atoms with E-state index in [0.29, 0.717) is 0 Å². The predicted molar refractivity (Wildman–Crippen MR) is 110 cm³/mol. The van der Waals surface area contributed by atoms with Gasteiger partial charge >= 0.3 is 0 Å².